The van der Waals surface area contributed by atoms with Crippen LogP contribution in [0, 0.1) is 13.8 Å². The van der Waals surface area contributed by atoms with Crippen molar-refractivity contribution in [3.05, 3.63) is 76.3 Å². The number of carbonyl (C=O) groups excluding carboxylic acids is 1. The Hall–Kier alpha value is -3.53. The van der Waals surface area contributed by atoms with Crippen LogP contribution in [0.4, 0.5) is 0 Å². The summed E-state index contributed by atoms with van der Waals surface area (Å²) >= 11 is 0. The standard InChI is InChI=1S/C32H42N2O10P2/c1-19(2)27-14-24(8-10-29(27)44-46(33,38)34-23(7)32(35)42-20(3)4)15-28-21(5)12-26(13-22(28)6)41-18-45(36,37)43-25-9-11-30-31(16-25)40-17-39-30/h8-14,16,19-20,23H,15,17-18H2,1-7H3,(H,36,37)(H3,33,34,38). The first-order valence-electron chi connectivity index (χ1n) is 14.8. The summed E-state index contributed by atoms with van der Waals surface area (Å²) in [7, 11) is -8.04. The van der Waals surface area contributed by atoms with Crippen LogP contribution in [0.25, 0.3) is 0 Å². The topological polar surface area (TPSA) is 165 Å². The van der Waals surface area contributed by atoms with Crippen molar-refractivity contribution in [1.82, 2.24) is 5.09 Å². The Labute approximate surface area is 269 Å². The van der Waals surface area contributed by atoms with Gasteiger partial charge in [0.05, 0.1) is 6.10 Å². The molecule has 250 valence electrons. The summed E-state index contributed by atoms with van der Waals surface area (Å²) in [5.41, 5.74) is 10.7. The van der Waals surface area contributed by atoms with Gasteiger partial charge in [0.2, 0.25) is 6.79 Å². The third-order valence-electron chi connectivity index (χ3n) is 7.05. The fourth-order valence-electron chi connectivity index (χ4n) is 4.87. The highest BCUT2D eigenvalue weighted by atomic mass is 31.2. The van der Waals surface area contributed by atoms with Crippen molar-refractivity contribution in [2.24, 2.45) is 5.50 Å². The zero-order valence-corrected chi connectivity index (χ0v) is 28.9. The molecule has 0 amide bonds. The third-order valence-corrected chi connectivity index (χ3v) is 9.21. The number of carbonyl (C=O) groups is 1. The molecule has 14 heteroatoms. The lowest BCUT2D eigenvalue weighted by atomic mass is 9.93. The fourth-order valence-corrected chi connectivity index (χ4v) is 6.84. The minimum atomic E-state index is -4.14. The number of ether oxygens (including phenoxy) is 4. The Morgan fingerprint density at radius 2 is 1.61 bits per heavy atom. The minimum Gasteiger partial charge on any atom is -0.480 e. The van der Waals surface area contributed by atoms with Crippen LogP contribution < -0.4 is 33.8 Å². The number of rotatable bonds is 14. The SMILES string of the molecule is Cc1cc(OCP(=O)(O)Oc2ccc3c(c2)OCO3)cc(C)c1Cc1ccc(OP(N)(=O)NC(C)C(=O)OC(C)C)c(C(C)C)c1. The molecule has 1 aliphatic heterocycles. The molecule has 3 aromatic carbocycles. The maximum atomic E-state index is 13.1. The summed E-state index contributed by atoms with van der Waals surface area (Å²) in [5, 5.41) is 2.57. The lowest BCUT2D eigenvalue weighted by Crippen LogP contribution is -2.37. The number of fused-ring (bicyclic) bond motifs is 1. The number of hydrogen-bond donors (Lipinski definition) is 3. The number of aryl methyl sites for hydroxylation is 2. The molecule has 0 bridgehead atoms. The predicted molar refractivity (Wildman–Crippen MR) is 174 cm³/mol. The maximum Gasteiger partial charge on any atom is 0.413 e. The zero-order valence-electron chi connectivity index (χ0n) is 27.1. The van der Waals surface area contributed by atoms with Gasteiger partial charge in [-0.3, -0.25) is 4.79 Å². The second-order valence-corrected chi connectivity index (χ2v) is 15.1. The van der Waals surface area contributed by atoms with E-state index in [1.807, 2.05) is 52.0 Å². The van der Waals surface area contributed by atoms with Gasteiger partial charge >= 0.3 is 21.2 Å². The van der Waals surface area contributed by atoms with Gasteiger partial charge in [0, 0.05) is 6.07 Å². The van der Waals surface area contributed by atoms with Gasteiger partial charge in [-0.15, -0.1) is 0 Å². The van der Waals surface area contributed by atoms with E-state index < -0.39 is 33.6 Å². The van der Waals surface area contributed by atoms with Crippen LogP contribution >= 0.6 is 15.3 Å². The van der Waals surface area contributed by atoms with E-state index in [-0.39, 0.29) is 24.6 Å². The Morgan fingerprint density at radius 1 is 0.935 bits per heavy atom. The van der Waals surface area contributed by atoms with Crippen LogP contribution in [-0.2, 0) is 25.1 Å². The fraction of sp³-hybridized carbons (Fsp3) is 0.406. The number of nitrogens with one attached hydrogen (secondary N) is 1. The molecule has 0 saturated heterocycles. The van der Waals surface area contributed by atoms with Crippen LogP contribution in [0.1, 0.15) is 68.4 Å². The quantitative estimate of drug-likeness (QED) is 0.122. The molecule has 0 radical (unpaired) electrons. The molecule has 0 fully saturated rings. The molecule has 12 nitrogen and oxygen atoms in total. The van der Waals surface area contributed by atoms with Crippen LogP contribution in [-0.4, -0.2) is 36.1 Å². The monoisotopic (exact) mass is 676 g/mol. The molecule has 46 heavy (non-hydrogen) atoms. The highest BCUT2D eigenvalue weighted by molar-refractivity contribution is 7.54. The molecule has 0 spiro atoms. The molecule has 0 aromatic heterocycles. The van der Waals surface area contributed by atoms with Gasteiger partial charge in [0.25, 0.3) is 0 Å². The summed E-state index contributed by atoms with van der Waals surface area (Å²) < 4.78 is 58.2. The van der Waals surface area contributed by atoms with Crippen molar-refractivity contribution in [2.75, 3.05) is 13.1 Å². The van der Waals surface area contributed by atoms with E-state index in [0.29, 0.717) is 29.4 Å². The molecular weight excluding hydrogens is 634 g/mol. The van der Waals surface area contributed by atoms with Gasteiger partial charge in [-0.05, 0) is 105 Å². The van der Waals surface area contributed by atoms with Gasteiger partial charge in [-0.2, -0.15) is 0 Å². The Kier molecular flexibility index (Phi) is 11.1. The number of nitrogens with two attached hydrogens (primary N) is 1. The number of benzene rings is 3. The van der Waals surface area contributed by atoms with E-state index in [9.17, 15) is 18.8 Å². The van der Waals surface area contributed by atoms with Gasteiger partial charge in [-0.1, -0.05) is 26.0 Å². The maximum absolute atomic E-state index is 13.1. The molecule has 4 rings (SSSR count). The highest BCUT2D eigenvalue weighted by Crippen LogP contribution is 2.46. The molecule has 4 N–H and O–H groups in total. The van der Waals surface area contributed by atoms with E-state index in [0.717, 1.165) is 27.8 Å². The van der Waals surface area contributed by atoms with Gasteiger partial charge in [0.1, 0.15) is 23.3 Å². The second-order valence-electron chi connectivity index (χ2n) is 11.8. The van der Waals surface area contributed by atoms with E-state index in [1.54, 1.807) is 26.0 Å². The van der Waals surface area contributed by atoms with Crippen LogP contribution in [0.2, 0.25) is 0 Å². The third kappa shape index (κ3) is 9.50. The van der Waals surface area contributed by atoms with E-state index in [1.165, 1.54) is 19.1 Å². The van der Waals surface area contributed by atoms with E-state index in [4.69, 9.17) is 33.5 Å². The summed E-state index contributed by atoms with van der Waals surface area (Å²) in [5.74, 6) is 1.38. The summed E-state index contributed by atoms with van der Waals surface area (Å²) in [6.07, 6.45) is -0.283. The largest absolute Gasteiger partial charge is 0.480 e. The first kappa shape index (κ1) is 35.3. The Morgan fingerprint density at radius 3 is 2.26 bits per heavy atom. The summed E-state index contributed by atoms with van der Waals surface area (Å²) in [4.78, 5) is 22.6. The lowest BCUT2D eigenvalue weighted by molar-refractivity contribution is -0.149. The summed E-state index contributed by atoms with van der Waals surface area (Å²) in [6.45, 7) is 12.9. The van der Waals surface area contributed by atoms with Crippen molar-refractivity contribution in [3.63, 3.8) is 0 Å². The molecule has 3 unspecified atom stereocenters. The second kappa shape index (κ2) is 14.5. The van der Waals surface area contributed by atoms with Gasteiger partial charge in [0.15, 0.2) is 17.8 Å². The van der Waals surface area contributed by atoms with Crippen LogP contribution in [0.3, 0.4) is 0 Å². The molecule has 1 aliphatic rings. The lowest BCUT2D eigenvalue weighted by Gasteiger charge is -2.23. The van der Waals surface area contributed by atoms with E-state index >= 15 is 0 Å². The number of esters is 1. The average Bonchev–Trinajstić information content (AvgIpc) is 3.41. The van der Waals surface area contributed by atoms with Crippen molar-refractivity contribution < 1.29 is 46.8 Å². The van der Waals surface area contributed by atoms with Crippen molar-refractivity contribution in [3.8, 4) is 28.7 Å². The molecule has 0 aliphatic carbocycles. The first-order chi connectivity index (χ1) is 21.5. The highest BCUT2D eigenvalue weighted by Gasteiger charge is 2.28. The molecule has 1 heterocycles. The van der Waals surface area contributed by atoms with Crippen LogP contribution in [0.5, 0.6) is 28.7 Å². The van der Waals surface area contributed by atoms with E-state index in [2.05, 4.69) is 5.09 Å². The van der Waals surface area contributed by atoms with Crippen LogP contribution in [0.15, 0.2) is 48.5 Å². The van der Waals surface area contributed by atoms with Crippen molar-refractivity contribution in [1.29, 1.82) is 0 Å². The predicted octanol–water partition coefficient (Wildman–Crippen LogP) is 6.72. The average molecular weight is 677 g/mol. The molecule has 3 atom stereocenters. The van der Waals surface area contributed by atoms with Crippen molar-refractivity contribution in [2.45, 2.75) is 73.0 Å². The molecule has 0 saturated carbocycles. The number of hydrogen-bond acceptors (Lipinski definition) is 9. The molecule has 3 aromatic rings. The summed E-state index contributed by atoms with van der Waals surface area (Å²) in [6, 6.07) is 12.9. The zero-order chi connectivity index (χ0) is 33.8. The first-order valence-corrected chi connectivity index (χ1v) is 18.3. The van der Waals surface area contributed by atoms with Gasteiger partial charge in [-0.25, -0.2) is 19.7 Å². The van der Waals surface area contributed by atoms with Crippen molar-refractivity contribution >= 4 is 21.2 Å². The minimum absolute atomic E-state index is 0.0188. The van der Waals surface area contributed by atoms with Gasteiger partial charge < -0.3 is 32.9 Å². The normalized spacial score (nSPS) is 15.6. The smallest absolute Gasteiger partial charge is 0.413 e. The molecular formula is C32H42N2O10P2. The Bertz CT molecular complexity index is 1650. The Balaban J connectivity index is 1.42.